The van der Waals surface area contributed by atoms with E-state index < -0.39 is 0 Å². The summed E-state index contributed by atoms with van der Waals surface area (Å²) in [6.07, 6.45) is 1.21. The molecule has 9 nitrogen and oxygen atoms in total. The van der Waals surface area contributed by atoms with Crippen LogP contribution in [0.25, 0.3) is 11.4 Å². The molecule has 2 amide bonds. The highest BCUT2D eigenvalue weighted by Gasteiger charge is 2.19. The molecule has 0 saturated carbocycles. The SMILES string of the molecule is CC(C)CCNC(=O)CN(CCCO)C(=O)Cn1nnc(-c2ccc(F)cc2)n1. The zero-order chi connectivity index (χ0) is 21.2. The molecule has 0 saturated heterocycles. The molecular weight excluding hydrogens is 379 g/mol. The van der Waals surface area contributed by atoms with Crippen molar-refractivity contribution in [3.63, 3.8) is 0 Å². The van der Waals surface area contributed by atoms with Crippen molar-refractivity contribution in [1.29, 1.82) is 0 Å². The monoisotopic (exact) mass is 406 g/mol. The fourth-order valence-corrected chi connectivity index (χ4v) is 2.53. The molecule has 0 atom stereocenters. The number of nitrogens with zero attached hydrogens (tertiary/aromatic N) is 5. The molecule has 0 spiro atoms. The van der Waals surface area contributed by atoms with Crippen LogP contribution in [0.3, 0.4) is 0 Å². The van der Waals surface area contributed by atoms with Crippen LogP contribution in [0.15, 0.2) is 24.3 Å². The van der Waals surface area contributed by atoms with E-state index in [1.807, 2.05) is 0 Å². The van der Waals surface area contributed by atoms with Crippen molar-refractivity contribution in [2.24, 2.45) is 5.92 Å². The zero-order valence-corrected chi connectivity index (χ0v) is 16.7. The molecule has 0 aliphatic heterocycles. The molecule has 0 radical (unpaired) electrons. The van der Waals surface area contributed by atoms with Gasteiger partial charge in [0.1, 0.15) is 12.4 Å². The van der Waals surface area contributed by atoms with E-state index in [0.717, 1.165) is 11.2 Å². The highest BCUT2D eigenvalue weighted by atomic mass is 19.1. The van der Waals surface area contributed by atoms with Crippen molar-refractivity contribution in [3.05, 3.63) is 30.1 Å². The summed E-state index contributed by atoms with van der Waals surface area (Å²) in [5.74, 6) is -0.249. The van der Waals surface area contributed by atoms with Crippen molar-refractivity contribution in [2.45, 2.75) is 33.2 Å². The number of carbonyl (C=O) groups is 2. The van der Waals surface area contributed by atoms with E-state index in [1.165, 1.54) is 29.2 Å². The molecule has 0 aliphatic rings. The molecule has 29 heavy (non-hydrogen) atoms. The number of hydrogen-bond donors (Lipinski definition) is 2. The average molecular weight is 406 g/mol. The predicted molar refractivity (Wildman–Crippen MR) is 104 cm³/mol. The lowest BCUT2D eigenvalue weighted by Crippen LogP contribution is -2.43. The first-order chi connectivity index (χ1) is 13.9. The Hall–Kier alpha value is -2.88. The third-order valence-corrected chi connectivity index (χ3v) is 4.15. The van der Waals surface area contributed by atoms with Crippen LogP contribution in [0, 0.1) is 11.7 Å². The Bertz CT molecular complexity index is 793. The van der Waals surface area contributed by atoms with Gasteiger partial charge in [-0.2, -0.15) is 4.80 Å². The normalized spacial score (nSPS) is 10.9. The third kappa shape index (κ3) is 7.57. The number of benzene rings is 1. The van der Waals surface area contributed by atoms with Crippen LogP contribution in [0.1, 0.15) is 26.7 Å². The minimum atomic E-state index is -0.373. The van der Waals surface area contributed by atoms with Gasteiger partial charge in [0.15, 0.2) is 0 Å². The maximum Gasteiger partial charge on any atom is 0.246 e. The first-order valence-electron chi connectivity index (χ1n) is 9.58. The Labute approximate surface area is 168 Å². The zero-order valence-electron chi connectivity index (χ0n) is 16.7. The summed E-state index contributed by atoms with van der Waals surface area (Å²) < 4.78 is 13.0. The van der Waals surface area contributed by atoms with Crippen molar-refractivity contribution in [3.8, 4) is 11.4 Å². The summed E-state index contributed by atoms with van der Waals surface area (Å²) in [5.41, 5.74) is 0.576. The van der Waals surface area contributed by atoms with Gasteiger partial charge in [-0.25, -0.2) is 4.39 Å². The van der Waals surface area contributed by atoms with Gasteiger partial charge in [-0.1, -0.05) is 13.8 Å². The summed E-state index contributed by atoms with van der Waals surface area (Å²) in [5, 5.41) is 23.7. The summed E-state index contributed by atoms with van der Waals surface area (Å²) in [6.45, 7) is 4.53. The van der Waals surface area contributed by atoms with Crippen LogP contribution >= 0.6 is 0 Å². The van der Waals surface area contributed by atoms with Gasteiger partial charge >= 0.3 is 0 Å². The molecule has 0 aliphatic carbocycles. The number of aromatic nitrogens is 4. The molecule has 1 aromatic carbocycles. The summed E-state index contributed by atoms with van der Waals surface area (Å²) in [4.78, 5) is 27.2. The van der Waals surface area contributed by atoms with Crippen LogP contribution in [-0.4, -0.2) is 68.3 Å². The van der Waals surface area contributed by atoms with Crippen LogP contribution in [-0.2, 0) is 16.1 Å². The van der Waals surface area contributed by atoms with Crippen LogP contribution in [0.5, 0.6) is 0 Å². The molecule has 158 valence electrons. The van der Waals surface area contributed by atoms with E-state index in [2.05, 4.69) is 34.6 Å². The molecule has 2 aromatic rings. The molecular formula is C19H27FN6O3. The number of hydrogen-bond acceptors (Lipinski definition) is 6. The minimum Gasteiger partial charge on any atom is -0.396 e. The number of carbonyl (C=O) groups excluding carboxylic acids is 2. The summed E-state index contributed by atoms with van der Waals surface area (Å²) in [7, 11) is 0. The Morgan fingerprint density at radius 3 is 2.66 bits per heavy atom. The second kappa shape index (κ2) is 11.2. The summed E-state index contributed by atoms with van der Waals surface area (Å²) in [6, 6.07) is 5.62. The maximum absolute atomic E-state index is 13.0. The minimum absolute atomic E-state index is 0.0883. The Morgan fingerprint density at radius 2 is 2.00 bits per heavy atom. The summed E-state index contributed by atoms with van der Waals surface area (Å²) >= 11 is 0. The van der Waals surface area contributed by atoms with Crippen LogP contribution in [0.2, 0.25) is 0 Å². The number of rotatable bonds is 11. The topological polar surface area (TPSA) is 113 Å². The van der Waals surface area contributed by atoms with Crippen molar-refractivity contribution in [2.75, 3.05) is 26.2 Å². The number of tetrazole rings is 1. The van der Waals surface area contributed by atoms with Crippen molar-refractivity contribution in [1.82, 2.24) is 30.4 Å². The predicted octanol–water partition coefficient (Wildman–Crippen LogP) is 0.852. The second-order valence-electron chi connectivity index (χ2n) is 7.08. The van der Waals surface area contributed by atoms with Gasteiger partial charge in [0, 0.05) is 25.3 Å². The maximum atomic E-state index is 13.0. The van der Waals surface area contributed by atoms with E-state index in [-0.39, 0.29) is 49.7 Å². The number of amides is 2. The lowest BCUT2D eigenvalue weighted by Gasteiger charge is -2.21. The van der Waals surface area contributed by atoms with E-state index >= 15 is 0 Å². The molecule has 10 heteroatoms. The van der Waals surface area contributed by atoms with Crippen LogP contribution < -0.4 is 5.32 Å². The number of aliphatic hydroxyl groups excluding tert-OH is 1. The van der Waals surface area contributed by atoms with Crippen molar-refractivity contribution >= 4 is 11.8 Å². The van der Waals surface area contributed by atoms with E-state index in [0.29, 0.717) is 24.4 Å². The highest BCUT2D eigenvalue weighted by Crippen LogP contribution is 2.13. The van der Waals surface area contributed by atoms with Gasteiger partial charge in [-0.05, 0) is 48.2 Å². The van der Waals surface area contributed by atoms with Gasteiger partial charge in [0.25, 0.3) is 0 Å². The van der Waals surface area contributed by atoms with E-state index in [1.54, 1.807) is 0 Å². The first kappa shape index (κ1) is 22.4. The van der Waals surface area contributed by atoms with E-state index in [4.69, 9.17) is 5.11 Å². The highest BCUT2D eigenvalue weighted by molar-refractivity contribution is 5.84. The Morgan fingerprint density at radius 1 is 1.28 bits per heavy atom. The average Bonchev–Trinajstić information content (AvgIpc) is 3.13. The number of nitrogens with one attached hydrogen (secondary N) is 1. The Balaban J connectivity index is 1.96. The lowest BCUT2D eigenvalue weighted by atomic mass is 10.1. The van der Waals surface area contributed by atoms with E-state index in [9.17, 15) is 14.0 Å². The van der Waals surface area contributed by atoms with Gasteiger partial charge in [-0.15, -0.1) is 10.2 Å². The van der Waals surface area contributed by atoms with Gasteiger partial charge in [-0.3, -0.25) is 9.59 Å². The van der Waals surface area contributed by atoms with Gasteiger partial charge in [0.2, 0.25) is 17.6 Å². The molecule has 2 rings (SSSR count). The number of aliphatic hydroxyl groups is 1. The smallest absolute Gasteiger partial charge is 0.246 e. The molecule has 0 unspecified atom stereocenters. The van der Waals surface area contributed by atoms with Gasteiger partial charge in [0.05, 0.1) is 6.54 Å². The standard InChI is InChI=1S/C19H27FN6O3/c1-14(2)8-9-21-17(28)12-25(10-3-11-27)18(29)13-26-23-19(22-24-26)15-4-6-16(20)7-5-15/h4-7,14,27H,3,8-13H2,1-2H3,(H,21,28). The largest absolute Gasteiger partial charge is 0.396 e. The molecule has 0 bridgehead atoms. The molecule has 2 N–H and O–H groups in total. The number of halogens is 1. The van der Waals surface area contributed by atoms with Crippen molar-refractivity contribution < 1.29 is 19.1 Å². The fourth-order valence-electron chi connectivity index (χ4n) is 2.53. The van der Waals surface area contributed by atoms with Gasteiger partial charge < -0.3 is 15.3 Å². The Kier molecular flexibility index (Phi) is 8.66. The van der Waals surface area contributed by atoms with Crippen LogP contribution in [0.4, 0.5) is 4.39 Å². The molecule has 1 aromatic heterocycles. The molecule has 1 heterocycles. The molecule has 0 fully saturated rings. The second-order valence-corrected chi connectivity index (χ2v) is 7.08. The fraction of sp³-hybridized carbons (Fsp3) is 0.526. The first-order valence-corrected chi connectivity index (χ1v) is 9.58. The third-order valence-electron chi connectivity index (χ3n) is 4.15. The quantitative estimate of drug-likeness (QED) is 0.572. The lowest BCUT2D eigenvalue weighted by molar-refractivity contribution is -0.137.